The lowest BCUT2D eigenvalue weighted by Crippen LogP contribution is -2.37. The highest BCUT2D eigenvalue weighted by atomic mass is 32.2. The van der Waals surface area contributed by atoms with E-state index in [1.807, 2.05) is 31.2 Å². The molecule has 0 radical (unpaired) electrons. The first-order chi connectivity index (χ1) is 16.3. The van der Waals surface area contributed by atoms with Gasteiger partial charge in [-0.05, 0) is 35.1 Å². The van der Waals surface area contributed by atoms with Crippen molar-refractivity contribution in [2.75, 3.05) is 37.7 Å². The van der Waals surface area contributed by atoms with Crippen LogP contribution in [0.2, 0.25) is 0 Å². The molecule has 180 valence electrons. The molecule has 1 aliphatic heterocycles. The molecule has 2 aromatic rings. The second-order valence-electron chi connectivity index (χ2n) is 9.20. The molecule has 2 aliphatic rings. The number of rotatable bonds is 8. The lowest BCUT2D eigenvalue weighted by molar-refractivity contribution is -0.149. The van der Waals surface area contributed by atoms with Gasteiger partial charge in [-0.1, -0.05) is 55.5 Å². The van der Waals surface area contributed by atoms with Crippen molar-refractivity contribution < 1.29 is 24.2 Å². The van der Waals surface area contributed by atoms with Crippen LogP contribution in [0.4, 0.5) is 4.79 Å². The molecular weight excluding hydrogens is 452 g/mol. The SMILES string of the molecule is C[C@H]1CN(C(=O)CSCCNC(=O)OCC2c3ccccc3-c3ccccc32)C[C@]1(C)C(=O)O. The fourth-order valence-electron chi connectivity index (χ4n) is 4.74. The van der Waals surface area contributed by atoms with Crippen molar-refractivity contribution in [1.82, 2.24) is 10.2 Å². The standard InChI is InChI=1S/C26H30N2O5S/c1-17-13-28(16-26(17,2)24(30)31)23(29)15-34-12-11-27-25(32)33-14-22-20-9-5-3-7-18(20)19-8-4-6-10-21(19)22/h3-10,17,22H,11-16H2,1-2H3,(H,27,32)(H,30,31)/t17-,26-/m0/s1. The summed E-state index contributed by atoms with van der Waals surface area (Å²) in [7, 11) is 0. The van der Waals surface area contributed by atoms with Crippen LogP contribution in [0.5, 0.6) is 0 Å². The molecule has 0 spiro atoms. The highest BCUT2D eigenvalue weighted by Gasteiger charge is 2.47. The van der Waals surface area contributed by atoms with E-state index in [0.717, 1.165) is 0 Å². The summed E-state index contributed by atoms with van der Waals surface area (Å²) < 4.78 is 5.52. The van der Waals surface area contributed by atoms with Crippen molar-refractivity contribution in [3.05, 3.63) is 59.7 Å². The molecule has 7 nitrogen and oxygen atoms in total. The molecule has 8 heteroatoms. The number of carboxylic acids is 1. The number of carboxylic acid groups (broad SMARTS) is 1. The number of fused-ring (bicyclic) bond motifs is 3. The van der Waals surface area contributed by atoms with Crippen molar-refractivity contribution in [2.24, 2.45) is 11.3 Å². The van der Waals surface area contributed by atoms with E-state index < -0.39 is 17.5 Å². The van der Waals surface area contributed by atoms with E-state index in [0.29, 0.717) is 18.8 Å². The van der Waals surface area contributed by atoms with Crippen molar-refractivity contribution in [3.8, 4) is 11.1 Å². The Bertz CT molecular complexity index is 1040. The first kappa shape index (κ1) is 24.1. The van der Waals surface area contributed by atoms with Crippen LogP contribution in [-0.2, 0) is 14.3 Å². The number of benzene rings is 2. The van der Waals surface area contributed by atoms with Gasteiger partial charge in [0.15, 0.2) is 0 Å². The second-order valence-corrected chi connectivity index (χ2v) is 10.3. The van der Waals surface area contributed by atoms with Crippen LogP contribution in [0.25, 0.3) is 11.1 Å². The third kappa shape index (κ3) is 4.78. The molecule has 2 aromatic carbocycles. The number of thioether (sulfide) groups is 1. The number of carbonyl (C=O) groups excluding carboxylic acids is 2. The largest absolute Gasteiger partial charge is 0.481 e. The monoisotopic (exact) mass is 482 g/mol. The number of nitrogens with zero attached hydrogens (tertiary/aromatic N) is 1. The Labute approximate surface area is 203 Å². The van der Waals surface area contributed by atoms with Crippen molar-refractivity contribution in [2.45, 2.75) is 19.8 Å². The number of amides is 2. The maximum atomic E-state index is 12.4. The second kappa shape index (κ2) is 10.1. The zero-order chi connectivity index (χ0) is 24.3. The Balaban J connectivity index is 1.18. The molecule has 2 N–H and O–H groups in total. The van der Waals surface area contributed by atoms with E-state index in [4.69, 9.17) is 4.74 Å². The number of hydrogen-bond donors (Lipinski definition) is 2. The van der Waals surface area contributed by atoms with Gasteiger partial charge in [-0.25, -0.2) is 4.79 Å². The third-order valence-electron chi connectivity index (χ3n) is 7.03. The molecule has 1 heterocycles. The summed E-state index contributed by atoms with van der Waals surface area (Å²) in [5.41, 5.74) is 3.81. The van der Waals surface area contributed by atoms with Crippen LogP contribution in [0.3, 0.4) is 0 Å². The zero-order valence-corrected chi connectivity index (χ0v) is 20.3. The summed E-state index contributed by atoms with van der Waals surface area (Å²) in [5.74, 6) is -0.179. The Morgan fingerprint density at radius 3 is 2.32 bits per heavy atom. The highest BCUT2D eigenvalue weighted by Crippen LogP contribution is 2.44. The quantitative estimate of drug-likeness (QED) is 0.556. The average molecular weight is 483 g/mol. The van der Waals surface area contributed by atoms with Crippen LogP contribution in [0.1, 0.15) is 30.9 Å². The number of ether oxygens (including phenoxy) is 1. The van der Waals surface area contributed by atoms with E-state index in [1.54, 1.807) is 11.8 Å². The zero-order valence-electron chi connectivity index (χ0n) is 19.5. The predicted molar refractivity (Wildman–Crippen MR) is 132 cm³/mol. The van der Waals surface area contributed by atoms with Gasteiger partial charge in [-0.3, -0.25) is 9.59 Å². The maximum absolute atomic E-state index is 12.4. The molecule has 0 saturated carbocycles. The number of carbonyl (C=O) groups is 3. The predicted octanol–water partition coefficient (Wildman–Crippen LogP) is 3.83. The lowest BCUT2D eigenvalue weighted by Gasteiger charge is -2.22. The van der Waals surface area contributed by atoms with Gasteiger partial charge >= 0.3 is 12.1 Å². The topological polar surface area (TPSA) is 95.9 Å². The summed E-state index contributed by atoms with van der Waals surface area (Å²) in [5, 5.41) is 12.2. The molecule has 2 amide bonds. The van der Waals surface area contributed by atoms with E-state index in [1.165, 1.54) is 34.0 Å². The minimum Gasteiger partial charge on any atom is -0.481 e. The molecule has 4 rings (SSSR count). The number of alkyl carbamates (subject to hydrolysis) is 1. The van der Waals surface area contributed by atoms with Gasteiger partial charge in [0, 0.05) is 31.3 Å². The summed E-state index contributed by atoms with van der Waals surface area (Å²) >= 11 is 1.42. The summed E-state index contributed by atoms with van der Waals surface area (Å²) in [4.78, 5) is 37.8. The van der Waals surface area contributed by atoms with Crippen LogP contribution >= 0.6 is 11.8 Å². The Kier molecular flexibility index (Phi) is 7.16. The molecule has 2 atom stereocenters. The van der Waals surface area contributed by atoms with Crippen LogP contribution < -0.4 is 5.32 Å². The van der Waals surface area contributed by atoms with Crippen molar-refractivity contribution in [1.29, 1.82) is 0 Å². The maximum Gasteiger partial charge on any atom is 0.407 e. The van der Waals surface area contributed by atoms with E-state index >= 15 is 0 Å². The normalized spacial score (nSPS) is 21.1. The minimum atomic E-state index is -0.897. The summed E-state index contributed by atoms with van der Waals surface area (Å²) in [6, 6.07) is 16.4. The average Bonchev–Trinajstić information content (AvgIpc) is 3.32. The first-order valence-electron chi connectivity index (χ1n) is 11.5. The highest BCUT2D eigenvalue weighted by molar-refractivity contribution is 7.99. The molecule has 0 unspecified atom stereocenters. The van der Waals surface area contributed by atoms with E-state index in [2.05, 4.69) is 29.6 Å². The number of likely N-dealkylation sites (tertiary alicyclic amines) is 1. The smallest absolute Gasteiger partial charge is 0.407 e. The molecule has 0 bridgehead atoms. The number of nitrogens with one attached hydrogen (secondary N) is 1. The Morgan fingerprint density at radius 1 is 1.12 bits per heavy atom. The molecular formula is C26H30N2O5S. The number of aliphatic carboxylic acids is 1. The minimum absolute atomic E-state index is 0.0180. The number of hydrogen-bond acceptors (Lipinski definition) is 5. The van der Waals surface area contributed by atoms with E-state index in [-0.39, 0.29) is 36.6 Å². The van der Waals surface area contributed by atoms with Gasteiger partial charge in [0.25, 0.3) is 0 Å². The van der Waals surface area contributed by atoms with E-state index in [9.17, 15) is 19.5 Å². The van der Waals surface area contributed by atoms with Gasteiger partial charge in [0.05, 0.1) is 11.2 Å². The molecule has 0 aromatic heterocycles. The Hall–Kier alpha value is -3.00. The van der Waals surface area contributed by atoms with Crippen molar-refractivity contribution >= 4 is 29.7 Å². The van der Waals surface area contributed by atoms with Crippen LogP contribution in [0, 0.1) is 11.3 Å². The fraction of sp³-hybridized carbons (Fsp3) is 0.423. The van der Waals surface area contributed by atoms with Gasteiger partial charge in [-0.2, -0.15) is 11.8 Å². The third-order valence-corrected chi connectivity index (χ3v) is 7.97. The Morgan fingerprint density at radius 2 is 1.74 bits per heavy atom. The van der Waals surface area contributed by atoms with Gasteiger partial charge in [0.1, 0.15) is 6.61 Å². The van der Waals surface area contributed by atoms with Gasteiger partial charge in [0.2, 0.25) is 5.91 Å². The molecule has 34 heavy (non-hydrogen) atoms. The van der Waals surface area contributed by atoms with Crippen molar-refractivity contribution in [3.63, 3.8) is 0 Å². The van der Waals surface area contributed by atoms with Gasteiger partial charge < -0.3 is 20.1 Å². The molecule has 1 aliphatic carbocycles. The lowest BCUT2D eigenvalue weighted by atomic mass is 9.81. The van der Waals surface area contributed by atoms with Crippen LogP contribution in [-0.4, -0.2) is 65.7 Å². The summed E-state index contributed by atoms with van der Waals surface area (Å²) in [6.45, 7) is 4.91. The summed E-state index contributed by atoms with van der Waals surface area (Å²) in [6.07, 6.45) is -0.473. The van der Waals surface area contributed by atoms with Crippen LogP contribution in [0.15, 0.2) is 48.5 Å². The van der Waals surface area contributed by atoms with Gasteiger partial charge in [-0.15, -0.1) is 0 Å². The fourth-order valence-corrected chi connectivity index (χ4v) is 5.49. The molecule has 1 fully saturated rings. The molecule has 1 saturated heterocycles. The first-order valence-corrected chi connectivity index (χ1v) is 12.6.